The summed E-state index contributed by atoms with van der Waals surface area (Å²) in [4.78, 5) is 33.8. The van der Waals surface area contributed by atoms with Crippen LogP contribution in [0.3, 0.4) is 0 Å². The molecular formula is C27H22N4O3S. The van der Waals surface area contributed by atoms with Crippen molar-refractivity contribution >= 4 is 39.2 Å². The molecule has 1 atom stereocenters. The van der Waals surface area contributed by atoms with Crippen LogP contribution in [-0.4, -0.2) is 21.8 Å². The Hall–Kier alpha value is -4.30. The van der Waals surface area contributed by atoms with Crippen LogP contribution in [0.1, 0.15) is 35.8 Å². The SMILES string of the molecule is CC(=O)NC(C)c1ccc(-c2csc(NC(=O)c3cc(-c4ccco4)nc4ccccc34)n2)cc1. The first-order chi connectivity index (χ1) is 17.0. The minimum absolute atomic E-state index is 0.0697. The molecule has 0 spiro atoms. The lowest BCUT2D eigenvalue weighted by molar-refractivity contribution is -0.119. The fourth-order valence-corrected chi connectivity index (χ4v) is 4.59. The second kappa shape index (κ2) is 9.52. The summed E-state index contributed by atoms with van der Waals surface area (Å²) in [5.41, 5.74) is 4.49. The van der Waals surface area contributed by atoms with E-state index < -0.39 is 0 Å². The normalized spacial score (nSPS) is 11.8. The maximum absolute atomic E-state index is 13.3. The predicted molar refractivity (Wildman–Crippen MR) is 137 cm³/mol. The number of furan rings is 1. The summed E-state index contributed by atoms with van der Waals surface area (Å²) in [6.45, 7) is 3.44. The van der Waals surface area contributed by atoms with Crippen LogP contribution in [0.25, 0.3) is 33.6 Å². The summed E-state index contributed by atoms with van der Waals surface area (Å²) in [7, 11) is 0. The molecule has 0 aliphatic rings. The average Bonchev–Trinajstić information content (AvgIpc) is 3.56. The molecule has 5 aromatic rings. The minimum atomic E-state index is -0.267. The zero-order valence-corrected chi connectivity index (χ0v) is 19.9. The summed E-state index contributed by atoms with van der Waals surface area (Å²) in [6, 6.07) is 20.6. The molecule has 5 rings (SSSR count). The Morgan fingerprint density at radius 1 is 0.971 bits per heavy atom. The van der Waals surface area contributed by atoms with Gasteiger partial charge in [0.15, 0.2) is 10.9 Å². The van der Waals surface area contributed by atoms with Gasteiger partial charge in [-0.2, -0.15) is 0 Å². The maximum atomic E-state index is 13.3. The summed E-state index contributed by atoms with van der Waals surface area (Å²) in [5, 5.41) is 8.96. The zero-order chi connectivity index (χ0) is 24.4. The number of rotatable bonds is 6. The van der Waals surface area contributed by atoms with E-state index in [9.17, 15) is 9.59 Å². The standard InChI is InChI=1S/C27H22N4O3S/c1-16(28-17(2)32)18-9-11-19(12-10-18)24-15-35-27(30-24)31-26(33)21-14-23(25-8-5-13-34-25)29-22-7-4-3-6-20(21)22/h3-16H,1-2H3,(H,28,32)(H,30,31,33). The molecule has 3 heterocycles. The van der Waals surface area contributed by atoms with Gasteiger partial charge < -0.3 is 9.73 Å². The van der Waals surface area contributed by atoms with Gasteiger partial charge in [0.1, 0.15) is 5.69 Å². The lowest BCUT2D eigenvalue weighted by Crippen LogP contribution is -2.23. The number of hydrogen-bond acceptors (Lipinski definition) is 6. The molecule has 0 bridgehead atoms. The number of nitrogens with zero attached hydrogens (tertiary/aromatic N) is 2. The number of amides is 2. The first kappa shape index (κ1) is 22.5. The summed E-state index contributed by atoms with van der Waals surface area (Å²) < 4.78 is 5.49. The molecule has 8 heteroatoms. The zero-order valence-electron chi connectivity index (χ0n) is 19.1. The van der Waals surface area contributed by atoms with Crippen LogP contribution in [0, 0.1) is 0 Å². The smallest absolute Gasteiger partial charge is 0.258 e. The fraction of sp³-hybridized carbons (Fsp3) is 0.111. The van der Waals surface area contributed by atoms with Gasteiger partial charge in [-0.25, -0.2) is 9.97 Å². The maximum Gasteiger partial charge on any atom is 0.258 e. The number of pyridine rings is 1. The third-order valence-corrected chi connectivity index (χ3v) is 6.34. The first-order valence-electron chi connectivity index (χ1n) is 11.1. The van der Waals surface area contributed by atoms with Crippen molar-refractivity contribution in [2.75, 3.05) is 5.32 Å². The van der Waals surface area contributed by atoms with E-state index in [1.807, 2.05) is 66.9 Å². The molecule has 174 valence electrons. The quantitative estimate of drug-likeness (QED) is 0.306. The van der Waals surface area contributed by atoms with E-state index in [1.54, 1.807) is 18.4 Å². The number of anilines is 1. The molecule has 35 heavy (non-hydrogen) atoms. The van der Waals surface area contributed by atoms with Crippen LogP contribution in [0.4, 0.5) is 5.13 Å². The lowest BCUT2D eigenvalue weighted by atomic mass is 10.0. The molecule has 1 unspecified atom stereocenters. The Balaban J connectivity index is 1.38. The first-order valence-corrected chi connectivity index (χ1v) is 11.9. The number of nitrogens with one attached hydrogen (secondary N) is 2. The van der Waals surface area contributed by atoms with Crippen molar-refractivity contribution in [3.05, 3.63) is 89.5 Å². The molecule has 0 aliphatic heterocycles. The Kier molecular flexibility index (Phi) is 6.12. The molecule has 2 N–H and O–H groups in total. The number of hydrogen-bond donors (Lipinski definition) is 2. The number of fused-ring (bicyclic) bond motifs is 1. The number of carbonyl (C=O) groups is 2. The van der Waals surface area contributed by atoms with Crippen molar-refractivity contribution in [1.29, 1.82) is 0 Å². The van der Waals surface area contributed by atoms with Gasteiger partial charge in [-0.3, -0.25) is 14.9 Å². The predicted octanol–water partition coefficient (Wildman–Crippen LogP) is 6.07. The van der Waals surface area contributed by atoms with E-state index in [1.165, 1.54) is 18.3 Å². The molecular weight excluding hydrogens is 460 g/mol. The van der Waals surface area contributed by atoms with Gasteiger partial charge in [-0.05, 0) is 36.8 Å². The van der Waals surface area contributed by atoms with Crippen molar-refractivity contribution < 1.29 is 14.0 Å². The van der Waals surface area contributed by atoms with E-state index in [-0.39, 0.29) is 17.9 Å². The van der Waals surface area contributed by atoms with E-state index in [0.717, 1.165) is 22.2 Å². The Morgan fingerprint density at radius 3 is 2.51 bits per heavy atom. The second-order valence-corrected chi connectivity index (χ2v) is 8.94. The van der Waals surface area contributed by atoms with Gasteiger partial charge in [0.2, 0.25) is 5.91 Å². The van der Waals surface area contributed by atoms with Crippen LogP contribution in [0.15, 0.2) is 82.8 Å². The monoisotopic (exact) mass is 482 g/mol. The minimum Gasteiger partial charge on any atom is -0.463 e. The number of thiazole rings is 1. The molecule has 0 saturated carbocycles. The van der Waals surface area contributed by atoms with Crippen LogP contribution < -0.4 is 10.6 Å². The van der Waals surface area contributed by atoms with E-state index in [0.29, 0.717) is 27.7 Å². The highest BCUT2D eigenvalue weighted by Gasteiger charge is 2.17. The van der Waals surface area contributed by atoms with Gasteiger partial charge >= 0.3 is 0 Å². The van der Waals surface area contributed by atoms with Crippen molar-refractivity contribution in [3.8, 4) is 22.7 Å². The highest BCUT2D eigenvalue weighted by atomic mass is 32.1. The van der Waals surface area contributed by atoms with Crippen molar-refractivity contribution in [3.63, 3.8) is 0 Å². The Labute approximate surface area is 205 Å². The number of aromatic nitrogens is 2. The van der Waals surface area contributed by atoms with Gasteiger partial charge in [0, 0.05) is 23.3 Å². The third-order valence-electron chi connectivity index (χ3n) is 5.59. The number of benzene rings is 2. The summed E-state index contributed by atoms with van der Waals surface area (Å²) in [6.07, 6.45) is 1.58. The average molecular weight is 483 g/mol. The van der Waals surface area contributed by atoms with Gasteiger partial charge in [0.05, 0.1) is 29.1 Å². The third kappa shape index (κ3) is 4.83. The lowest BCUT2D eigenvalue weighted by Gasteiger charge is -2.13. The van der Waals surface area contributed by atoms with Gasteiger partial charge in [-0.15, -0.1) is 11.3 Å². The molecule has 0 aliphatic carbocycles. The Bertz CT molecular complexity index is 1510. The highest BCUT2D eigenvalue weighted by Crippen LogP contribution is 2.29. The van der Waals surface area contributed by atoms with Crippen LogP contribution in [0.2, 0.25) is 0 Å². The Morgan fingerprint density at radius 2 is 1.77 bits per heavy atom. The molecule has 7 nitrogen and oxygen atoms in total. The second-order valence-electron chi connectivity index (χ2n) is 8.09. The van der Waals surface area contributed by atoms with Gasteiger partial charge in [0.25, 0.3) is 5.91 Å². The van der Waals surface area contributed by atoms with Crippen LogP contribution in [-0.2, 0) is 4.79 Å². The topological polar surface area (TPSA) is 97.1 Å². The largest absolute Gasteiger partial charge is 0.463 e. The van der Waals surface area contributed by atoms with Crippen molar-refractivity contribution in [1.82, 2.24) is 15.3 Å². The number of carbonyl (C=O) groups excluding carboxylic acids is 2. The molecule has 3 aromatic heterocycles. The summed E-state index contributed by atoms with van der Waals surface area (Å²) >= 11 is 1.36. The number of para-hydroxylation sites is 1. The van der Waals surface area contributed by atoms with Crippen LogP contribution >= 0.6 is 11.3 Å². The van der Waals surface area contributed by atoms with E-state index >= 15 is 0 Å². The summed E-state index contributed by atoms with van der Waals surface area (Å²) in [5.74, 6) is 0.258. The van der Waals surface area contributed by atoms with E-state index in [4.69, 9.17) is 4.42 Å². The molecule has 0 radical (unpaired) electrons. The fourth-order valence-electron chi connectivity index (χ4n) is 3.87. The van der Waals surface area contributed by atoms with Crippen molar-refractivity contribution in [2.45, 2.75) is 19.9 Å². The molecule has 0 fully saturated rings. The van der Waals surface area contributed by atoms with Crippen LogP contribution in [0.5, 0.6) is 0 Å². The molecule has 0 saturated heterocycles. The molecule has 2 aromatic carbocycles. The van der Waals surface area contributed by atoms with E-state index in [2.05, 4.69) is 20.6 Å². The molecule has 2 amide bonds. The van der Waals surface area contributed by atoms with Gasteiger partial charge in [-0.1, -0.05) is 42.5 Å². The highest BCUT2D eigenvalue weighted by molar-refractivity contribution is 7.14. The van der Waals surface area contributed by atoms with Crippen molar-refractivity contribution in [2.24, 2.45) is 0 Å².